The summed E-state index contributed by atoms with van der Waals surface area (Å²) in [4.78, 5) is 24.2. The summed E-state index contributed by atoms with van der Waals surface area (Å²) < 4.78 is 28.6. The van der Waals surface area contributed by atoms with Crippen LogP contribution < -0.4 is 0 Å². The van der Waals surface area contributed by atoms with Crippen molar-refractivity contribution in [3.63, 3.8) is 0 Å². The fourth-order valence-corrected chi connectivity index (χ4v) is 3.85. The van der Waals surface area contributed by atoms with E-state index in [9.17, 15) is 9.59 Å². The first-order valence-corrected chi connectivity index (χ1v) is 10.6. The molecule has 0 amide bonds. The Morgan fingerprint density at radius 3 is 1.97 bits per heavy atom. The molecular formula is C25H30O7. The predicted molar refractivity (Wildman–Crippen MR) is 117 cm³/mol. The van der Waals surface area contributed by atoms with Gasteiger partial charge in [0.15, 0.2) is 5.60 Å². The maximum atomic E-state index is 12.2. The second-order valence-electron chi connectivity index (χ2n) is 7.81. The van der Waals surface area contributed by atoms with E-state index in [4.69, 9.17) is 23.7 Å². The van der Waals surface area contributed by atoms with Crippen LogP contribution in [-0.2, 0) is 46.5 Å². The fourth-order valence-electron chi connectivity index (χ4n) is 3.85. The van der Waals surface area contributed by atoms with Crippen LogP contribution >= 0.6 is 0 Å². The third kappa shape index (κ3) is 6.16. The summed E-state index contributed by atoms with van der Waals surface area (Å²) in [7, 11) is 2.89. The maximum Gasteiger partial charge on any atom is 0.308 e. The van der Waals surface area contributed by atoms with Crippen LogP contribution in [0.25, 0.3) is 0 Å². The van der Waals surface area contributed by atoms with Gasteiger partial charge in [0.1, 0.15) is 12.2 Å². The van der Waals surface area contributed by atoms with Gasteiger partial charge < -0.3 is 23.7 Å². The Morgan fingerprint density at radius 1 is 0.938 bits per heavy atom. The molecule has 7 nitrogen and oxygen atoms in total. The maximum absolute atomic E-state index is 12.2. The Morgan fingerprint density at radius 2 is 1.50 bits per heavy atom. The highest BCUT2D eigenvalue weighted by Gasteiger charge is 2.66. The van der Waals surface area contributed by atoms with E-state index >= 15 is 0 Å². The Bertz CT molecular complexity index is 870. The average molecular weight is 443 g/mol. The highest BCUT2D eigenvalue weighted by Crippen LogP contribution is 2.49. The SMILES string of the molecule is COC(=O)CC(OCc1ccccc1)C(OCc1ccccc1)C1(OC(C)=O)CC1OC. The quantitative estimate of drug-likeness (QED) is 0.466. The largest absolute Gasteiger partial charge is 0.469 e. The first-order valence-electron chi connectivity index (χ1n) is 10.6. The monoisotopic (exact) mass is 442 g/mol. The molecule has 1 aliphatic rings. The fraction of sp³-hybridized carbons (Fsp3) is 0.440. The zero-order valence-electron chi connectivity index (χ0n) is 18.7. The van der Waals surface area contributed by atoms with Gasteiger partial charge in [-0.05, 0) is 11.1 Å². The van der Waals surface area contributed by atoms with Crippen LogP contribution in [0.2, 0.25) is 0 Å². The van der Waals surface area contributed by atoms with E-state index in [2.05, 4.69) is 0 Å². The number of ether oxygens (including phenoxy) is 5. The standard InChI is InChI=1S/C25H30O7/c1-18(26)32-25(15-22(25)28-2)24(31-17-20-12-8-5-9-13-20)21(14-23(27)29-3)30-16-19-10-6-4-7-11-19/h4-13,21-22,24H,14-17H2,1-3H3. The Hall–Kier alpha value is -2.74. The molecule has 4 atom stereocenters. The van der Waals surface area contributed by atoms with Gasteiger partial charge in [-0.25, -0.2) is 0 Å². The number of esters is 2. The van der Waals surface area contributed by atoms with Crippen molar-refractivity contribution in [1.82, 2.24) is 0 Å². The summed E-state index contributed by atoms with van der Waals surface area (Å²) in [5, 5.41) is 0. The van der Waals surface area contributed by atoms with E-state index in [0.717, 1.165) is 11.1 Å². The van der Waals surface area contributed by atoms with Gasteiger partial charge in [-0.1, -0.05) is 60.7 Å². The van der Waals surface area contributed by atoms with Crippen molar-refractivity contribution < 1.29 is 33.3 Å². The van der Waals surface area contributed by atoms with Gasteiger partial charge >= 0.3 is 11.9 Å². The molecule has 0 aliphatic heterocycles. The lowest BCUT2D eigenvalue weighted by Crippen LogP contribution is -2.48. The minimum absolute atomic E-state index is 0.0533. The van der Waals surface area contributed by atoms with Crippen molar-refractivity contribution in [2.45, 2.75) is 56.9 Å². The first-order chi connectivity index (χ1) is 15.5. The van der Waals surface area contributed by atoms with Gasteiger partial charge in [0.25, 0.3) is 0 Å². The summed E-state index contributed by atoms with van der Waals surface area (Å²) in [6, 6.07) is 19.3. The Labute approximate surface area is 188 Å². The van der Waals surface area contributed by atoms with Crippen molar-refractivity contribution in [1.29, 1.82) is 0 Å². The molecule has 4 unspecified atom stereocenters. The third-order valence-electron chi connectivity index (χ3n) is 5.50. The molecule has 1 saturated carbocycles. The molecule has 2 aromatic rings. The van der Waals surface area contributed by atoms with Crippen LogP contribution in [0.1, 0.15) is 30.9 Å². The van der Waals surface area contributed by atoms with E-state index in [1.807, 2.05) is 60.7 Å². The van der Waals surface area contributed by atoms with Gasteiger partial charge in [-0.15, -0.1) is 0 Å². The highest BCUT2D eigenvalue weighted by molar-refractivity contribution is 5.70. The molecule has 0 bridgehead atoms. The summed E-state index contributed by atoms with van der Waals surface area (Å²) >= 11 is 0. The number of carbonyl (C=O) groups excluding carboxylic acids is 2. The smallest absolute Gasteiger partial charge is 0.308 e. The molecule has 0 radical (unpaired) electrons. The minimum atomic E-state index is -1.04. The van der Waals surface area contributed by atoms with E-state index in [0.29, 0.717) is 6.42 Å². The van der Waals surface area contributed by atoms with Crippen LogP contribution in [0.3, 0.4) is 0 Å². The van der Waals surface area contributed by atoms with E-state index in [-0.39, 0.29) is 25.7 Å². The number of hydrogen-bond donors (Lipinski definition) is 0. The molecule has 172 valence electrons. The van der Waals surface area contributed by atoms with Gasteiger partial charge in [-0.2, -0.15) is 0 Å². The van der Waals surface area contributed by atoms with Crippen LogP contribution in [-0.4, -0.2) is 50.1 Å². The first kappa shape index (κ1) is 23.9. The molecule has 3 rings (SSSR count). The number of rotatable bonds is 12. The normalized spacial score (nSPS) is 21.4. The van der Waals surface area contributed by atoms with Crippen molar-refractivity contribution in [3.8, 4) is 0 Å². The zero-order chi connectivity index (χ0) is 23.0. The second-order valence-corrected chi connectivity index (χ2v) is 7.81. The van der Waals surface area contributed by atoms with Crippen molar-refractivity contribution in [2.24, 2.45) is 0 Å². The van der Waals surface area contributed by atoms with Crippen LogP contribution in [0.5, 0.6) is 0 Å². The van der Waals surface area contributed by atoms with E-state index in [1.165, 1.54) is 14.0 Å². The summed E-state index contributed by atoms with van der Waals surface area (Å²) in [6.45, 7) is 1.88. The summed E-state index contributed by atoms with van der Waals surface area (Å²) in [5.41, 5.74) is 0.861. The summed E-state index contributed by atoms with van der Waals surface area (Å²) in [5.74, 6) is -0.887. The van der Waals surface area contributed by atoms with E-state index < -0.39 is 29.7 Å². The molecule has 0 saturated heterocycles. The van der Waals surface area contributed by atoms with Crippen LogP contribution in [0.15, 0.2) is 60.7 Å². The molecule has 0 heterocycles. The molecule has 0 spiro atoms. The molecule has 2 aromatic carbocycles. The minimum Gasteiger partial charge on any atom is -0.469 e. The molecule has 1 fully saturated rings. The Kier molecular flexibility index (Phi) is 8.39. The molecular weight excluding hydrogens is 412 g/mol. The topological polar surface area (TPSA) is 80.3 Å². The number of benzene rings is 2. The third-order valence-corrected chi connectivity index (χ3v) is 5.50. The van der Waals surface area contributed by atoms with Gasteiger partial charge in [0, 0.05) is 20.5 Å². The molecule has 0 N–H and O–H groups in total. The van der Waals surface area contributed by atoms with Crippen LogP contribution in [0, 0.1) is 0 Å². The van der Waals surface area contributed by atoms with Crippen molar-refractivity contribution in [3.05, 3.63) is 71.8 Å². The van der Waals surface area contributed by atoms with Crippen molar-refractivity contribution >= 4 is 11.9 Å². The average Bonchev–Trinajstić information content (AvgIpc) is 3.51. The number of carbonyl (C=O) groups is 2. The van der Waals surface area contributed by atoms with Gasteiger partial charge in [0.05, 0.1) is 32.8 Å². The lowest BCUT2D eigenvalue weighted by atomic mass is 10.0. The zero-order valence-corrected chi connectivity index (χ0v) is 18.7. The Balaban J connectivity index is 1.87. The lowest BCUT2D eigenvalue weighted by molar-refractivity contribution is -0.188. The number of methoxy groups -OCH3 is 2. The van der Waals surface area contributed by atoms with Gasteiger partial charge in [0.2, 0.25) is 0 Å². The molecule has 32 heavy (non-hydrogen) atoms. The molecule has 1 aliphatic carbocycles. The molecule has 0 aromatic heterocycles. The number of hydrogen-bond acceptors (Lipinski definition) is 7. The summed E-state index contributed by atoms with van der Waals surface area (Å²) in [6.07, 6.45) is -1.41. The second kappa shape index (κ2) is 11.2. The predicted octanol–water partition coefficient (Wildman–Crippen LogP) is 3.44. The van der Waals surface area contributed by atoms with Gasteiger partial charge in [-0.3, -0.25) is 9.59 Å². The van der Waals surface area contributed by atoms with E-state index in [1.54, 1.807) is 7.11 Å². The van der Waals surface area contributed by atoms with Crippen molar-refractivity contribution in [2.75, 3.05) is 14.2 Å². The lowest BCUT2D eigenvalue weighted by Gasteiger charge is -2.33. The molecule has 7 heteroatoms. The van der Waals surface area contributed by atoms with Crippen LogP contribution in [0.4, 0.5) is 0 Å². The highest BCUT2D eigenvalue weighted by atomic mass is 16.6.